The standard InChI is InChI=1S/C20H21N5O3/c1-13-7-8-16(14(2)9-13)21-10-18(26)23-24-19(27)11-25-12-22-17-6-4-3-5-15(17)20(25)28/h3-9,12,21H,10-11H2,1-2H3,(H,23,26)(H,24,27). The number of carbonyl (C=O) groups is 2. The molecule has 0 saturated carbocycles. The summed E-state index contributed by atoms with van der Waals surface area (Å²) in [6, 6.07) is 12.8. The maximum absolute atomic E-state index is 12.4. The Balaban J connectivity index is 1.52. The number of hydrazine groups is 1. The van der Waals surface area contributed by atoms with Gasteiger partial charge in [-0.3, -0.25) is 29.8 Å². The molecule has 28 heavy (non-hydrogen) atoms. The Labute approximate surface area is 161 Å². The van der Waals surface area contributed by atoms with Gasteiger partial charge in [-0.15, -0.1) is 0 Å². The number of nitrogens with one attached hydrogen (secondary N) is 3. The second-order valence-electron chi connectivity index (χ2n) is 6.46. The van der Waals surface area contributed by atoms with Crippen molar-refractivity contribution in [1.82, 2.24) is 20.4 Å². The summed E-state index contributed by atoms with van der Waals surface area (Å²) in [7, 11) is 0. The van der Waals surface area contributed by atoms with Gasteiger partial charge in [-0.2, -0.15) is 0 Å². The van der Waals surface area contributed by atoms with E-state index in [0.29, 0.717) is 10.9 Å². The summed E-state index contributed by atoms with van der Waals surface area (Å²) in [6.45, 7) is 3.70. The Kier molecular flexibility index (Phi) is 5.69. The second kappa shape index (κ2) is 8.34. The van der Waals surface area contributed by atoms with Gasteiger partial charge in [0.05, 0.1) is 23.8 Å². The zero-order valence-electron chi connectivity index (χ0n) is 15.7. The lowest BCUT2D eigenvalue weighted by atomic mass is 10.1. The molecule has 3 aromatic rings. The van der Waals surface area contributed by atoms with E-state index in [-0.39, 0.29) is 18.6 Å². The minimum atomic E-state index is -0.529. The Morgan fingerprint density at radius 1 is 1.04 bits per heavy atom. The van der Waals surface area contributed by atoms with Crippen LogP contribution in [0.2, 0.25) is 0 Å². The summed E-state index contributed by atoms with van der Waals surface area (Å²) in [5, 5.41) is 3.44. The molecule has 0 radical (unpaired) electrons. The topological polar surface area (TPSA) is 105 Å². The Morgan fingerprint density at radius 3 is 2.57 bits per heavy atom. The van der Waals surface area contributed by atoms with E-state index in [1.807, 2.05) is 32.0 Å². The Morgan fingerprint density at radius 2 is 1.79 bits per heavy atom. The van der Waals surface area contributed by atoms with E-state index in [4.69, 9.17) is 0 Å². The molecule has 2 amide bonds. The van der Waals surface area contributed by atoms with E-state index in [9.17, 15) is 14.4 Å². The van der Waals surface area contributed by atoms with Gasteiger partial charge < -0.3 is 5.32 Å². The molecule has 0 fully saturated rings. The largest absolute Gasteiger partial charge is 0.376 e. The summed E-state index contributed by atoms with van der Waals surface area (Å²) in [5.41, 5.74) is 7.89. The number of rotatable bonds is 5. The van der Waals surface area contributed by atoms with Gasteiger partial charge in [0, 0.05) is 5.69 Å². The lowest BCUT2D eigenvalue weighted by molar-refractivity contribution is -0.128. The number of fused-ring (bicyclic) bond motifs is 1. The summed E-state index contributed by atoms with van der Waals surface area (Å²) in [6.07, 6.45) is 1.31. The number of nitrogens with zero attached hydrogens (tertiary/aromatic N) is 2. The number of para-hydroxylation sites is 1. The van der Waals surface area contributed by atoms with Crippen molar-refractivity contribution in [2.45, 2.75) is 20.4 Å². The number of aromatic nitrogens is 2. The summed E-state index contributed by atoms with van der Waals surface area (Å²) >= 11 is 0. The first kappa shape index (κ1) is 19.1. The predicted octanol–water partition coefficient (Wildman–Crippen LogP) is 1.27. The van der Waals surface area contributed by atoms with Gasteiger partial charge in [0.25, 0.3) is 17.4 Å². The first-order valence-electron chi connectivity index (χ1n) is 8.77. The van der Waals surface area contributed by atoms with Crippen LogP contribution in [0.3, 0.4) is 0 Å². The molecular weight excluding hydrogens is 358 g/mol. The summed E-state index contributed by atoms with van der Waals surface area (Å²) in [5.74, 6) is -0.934. The zero-order valence-corrected chi connectivity index (χ0v) is 15.7. The lowest BCUT2D eigenvalue weighted by Gasteiger charge is -2.12. The molecule has 2 aromatic carbocycles. The average molecular weight is 379 g/mol. The van der Waals surface area contributed by atoms with Crippen molar-refractivity contribution < 1.29 is 9.59 Å². The van der Waals surface area contributed by atoms with Crippen LogP contribution < -0.4 is 21.7 Å². The van der Waals surface area contributed by atoms with Gasteiger partial charge in [-0.05, 0) is 37.6 Å². The van der Waals surface area contributed by atoms with Gasteiger partial charge in [-0.25, -0.2) is 4.98 Å². The number of anilines is 1. The predicted molar refractivity (Wildman–Crippen MR) is 107 cm³/mol. The summed E-state index contributed by atoms with van der Waals surface area (Å²) < 4.78 is 1.19. The quantitative estimate of drug-likeness (QED) is 0.579. The molecule has 8 heteroatoms. The Hall–Kier alpha value is -3.68. The third-order valence-corrected chi connectivity index (χ3v) is 4.21. The van der Waals surface area contributed by atoms with Crippen molar-refractivity contribution in [1.29, 1.82) is 0 Å². The number of hydrogen-bond acceptors (Lipinski definition) is 5. The number of hydrogen-bond donors (Lipinski definition) is 3. The van der Waals surface area contributed by atoms with Gasteiger partial charge >= 0.3 is 0 Å². The van der Waals surface area contributed by atoms with E-state index < -0.39 is 11.8 Å². The number of carbonyl (C=O) groups excluding carboxylic acids is 2. The van der Waals surface area contributed by atoms with Crippen LogP contribution in [0.15, 0.2) is 53.6 Å². The molecule has 0 aliphatic heterocycles. The minimum absolute atomic E-state index is 0.00165. The Bertz CT molecular complexity index is 1090. The molecule has 0 saturated heterocycles. The van der Waals surface area contributed by atoms with Crippen LogP contribution in [0.1, 0.15) is 11.1 Å². The molecule has 0 atom stereocenters. The van der Waals surface area contributed by atoms with Crippen molar-refractivity contribution in [2.24, 2.45) is 0 Å². The smallest absolute Gasteiger partial charge is 0.261 e. The monoisotopic (exact) mass is 379 g/mol. The van der Waals surface area contributed by atoms with Crippen molar-refractivity contribution in [2.75, 3.05) is 11.9 Å². The highest BCUT2D eigenvalue weighted by Gasteiger charge is 2.09. The molecule has 3 rings (SSSR count). The van der Waals surface area contributed by atoms with Crippen LogP contribution in [0, 0.1) is 13.8 Å². The minimum Gasteiger partial charge on any atom is -0.376 e. The number of benzene rings is 2. The van der Waals surface area contributed by atoms with Crippen LogP contribution in [-0.4, -0.2) is 27.9 Å². The SMILES string of the molecule is Cc1ccc(NCC(=O)NNC(=O)Cn2cnc3ccccc3c2=O)c(C)c1. The zero-order chi connectivity index (χ0) is 20.1. The molecule has 0 aliphatic rings. The highest BCUT2D eigenvalue weighted by Crippen LogP contribution is 2.15. The molecule has 144 valence electrons. The highest BCUT2D eigenvalue weighted by atomic mass is 16.2. The first-order chi connectivity index (χ1) is 13.4. The van der Waals surface area contributed by atoms with Crippen LogP contribution in [0.4, 0.5) is 5.69 Å². The average Bonchev–Trinajstić information content (AvgIpc) is 2.68. The number of aryl methyl sites for hydroxylation is 2. The fraction of sp³-hybridized carbons (Fsp3) is 0.200. The molecule has 0 unspecified atom stereocenters. The molecule has 3 N–H and O–H groups in total. The van der Waals surface area contributed by atoms with Gasteiger partial charge in [0.2, 0.25) is 0 Å². The molecule has 0 spiro atoms. The van der Waals surface area contributed by atoms with E-state index in [2.05, 4.69) is 21.2 Å². The second-order valence-corrected chi connectivity index (χ2v) is 6.46. The van der Waals surface area contributed by atoms with E-state index in [0.717, 1.165) is 16.8 Å². The fourth-order valence-electron chi connectivity index (χ4n) is 2.78. The van der Waals surface area contributed by atoms with E-state index >= 15 is 0 Å². The fourth-order valence-corrected chi connectivity index (χ4v) is 2.78. The molecule has 1 heterocycles. The molecule has 1 aromatic heterocycles. The third kappa shape index (κ3) is 4.53. The molecular formula is C20H21N5O3. The van der Waals surface area contributed by atoms with Gasteiger partial charge in [-0.1, -0.05) is 29.8 Å². The van der Waals surface area contributed by atoms with E-state index in [1.54, 1.807) is 24.3 Å². The van der Waals surface area contributed by atoms with Crippen molar-refractivity contribution in [3.05, 3.63) is 70.3 Å². The third-order valence-electron chi connectivity index (χ3n) is 4.21. The normalized spacial score (nSPS) is 10.5. The van der Waals surface area contributed by atoms with Crippen LogP contribution in [0.25, 0.3) is 10.9 Å². The highest BCUT2D eigenvalue weighted by molar-refractivity contribution is 5.84. The van der Waals surface area contributed by atoms with Crippen LogP contribution in [0.5, 0.6) is 0 Å². The molecule has 0 aliphatic carbocycles. The summed E-state index contributed by atoms with van der Waals surface area (Å²) in [4.78, 5) is 40.5. The van der Waals surface area contributed by atoms with Crippen molar-refractivity contribution >= 4 is 28.4 Å². The molecule has 0 bridgehead atoms. The van der Waals surface area contributed by atoms with Crippen LogP contribution >= 0.6 is 0 Å². The lowest BCUT2D eigenvalue weighted by Crippen LogP contribution is -2.46. The molecule has 8 nitrogen and oxygen atoms in total. The maximum atomic E-state index is 12.4. The van der Waals surface area contributed by atoms with Crippen molar-refractivity contribution in [3.63, 3.8) is 0 Å². The first-order valence-corrected chi connectivity index (χ1v) is 8.77. The maximum Gasteiger partial charge on any atom is 0.261 e. The van der Waals surface area contributed by atoms with Crippen LogP contribution in [-0.2, 0) is 16.1 Å². The number of amides is 2. The van der Waals surface area contributed by atoms with Crippen molar-refractivity contribution in [3.8, 4) is 0 Å². The van der Waals surface area contributed by atoms with Gasteiger partial charge in [0.1, 0.15) is 6.54 Å². The van der Waals surface area contributed by atoms with E-state index in [1.165, 1.54) is 10.9 Å². The van der Waals surface area contributed by atoms with Gasteiger partial charge in [0.15, 0.2) is 0 Å².